The van der Waals surface area contributed by atoms with Crippen LogP contribution in [0.1, 0.15) is 107 Å². The molecule has 2 aromatic rings. The Kier molecular flexibility index (Phi) is 9.20. The maximum absolute atomic E-state index is 13.7. The fraction of sp³-hybridized carbons (Fsp3) is 0.611. The van der Waals surface area contributed by atoms with Gasteiger partial charge in [0.1, 0.15) is 11.4 Å². The molecule has 0 unspecified atom stereocenters. The summed E-state index contributed by atoms with van der Waals surface area (Å²) in [5.74, 6) is 2.95. The smallest absolute Gasteiger partial charge is 0.411 e. The third kappa shape index (κ3) is 7.30. The highest BCUT2D eigenvalue weighted by molar-refractivity contribution is 5.94. The first-order valence-corrected chi connectivity index (χ1v) is 16.1. The van der Waals surface area contributed by atoms with Crippen molar-refractivity contribution in [3.63, 3.8) is 0 Å². The standard InChI is InChI=1S/C36H50N2O4/c1-6-7-10-31(19-26-9-8-11-32(20-26)41-5)37-33(39)30-14-12-25(13-15-30)24-38(34(40)42-35(2,3)4)36-21-27-16-28(22-36)18-29(17-27)23-36/h8-9,11-15,20,27-29,31H,6-7,10,16-19,21-24H2,1-5H3,(H,37,39)/t27?,28?,29?,31-,36?/m0/s1. The third-order valence-corrected chi connectivity index (χ3v) is 9.61. The molecule has 2 amide bonds. The molecule has 6 heteroatoms. The molecule has 1 N–H and O–H groups in total. The normalized spacial score (nSPS) is 25.1. The molecular formula is C36H50N2O4. The number of hydrogen-bond donors (Lipinski definition) is 1. The third-order valence-electron chi connectivity index (χ3n) is 9.61. The van der Waals surface area contributed by atoms with E-state index in [1.54, 1.807) is 7.11 Å². The van der Waals surface area contributed by atoms with Crippen molar-refractivity contribution >= 4 is 12.0 Å². The summed E-state index contributed by atoms with van der Waals surface area (Å²) in [5.41, 5.74) is 2.17. The molecule has 4 saturated carbocycles. The lowest BCUT2D eigenvalue weighted by Crippen LogP contribution is -2.61. The number of ether oxygens (including phenoxy) is 2. The molecule has 0 aromatic heterocycles. The van der Waals surface area contributed by atoms with Crippen molar-refractivity contribution in [3.8, 4) is 5.75 Å². The average molecular weight is 575 g/mol. The van der Waals surface area contributed by atoms with Crippen LogP contribution in [-0.2, 0) is 17.7 Å². The number of nitrogens with zero attached hydrogens (tertiary/aromatic N) is 1. The maximum Gasteiger partial charge on any atom is 0.411 e. The van der Waals surface area contributed by atoms with Crippen molar-refractivity contribution < 1.29 is 19.1 Å². The molecule has 2 aromatic carbocycles. The zero-order chi connectivity index (χ0) is 29.9. The van der Waals surface area contributed by atoms with Crippen molar-refractivity contribution in [2.75, 3.05) is 7.11 Å². The van der Waals surface area contributed by atoms with Crippen LogP contribution >= 0.6 is 0 Å². The SMILES string of the molecule is CCCC[C@@H](Cc1cccc(OC)c1)NC(=O)c1ccc(CN(C(=O)OC(C)(C)C)C23CC4CC(CC(C4)C2)C3)cc1. The van der Waals surface area contributed by atoms with Gasteiger partial charge in [-0.15, -0.1) is 0 Å². The molecule has 0 saturated heterocycles. The predicted molar refractivity (Wildman–Crippen MR) is 167 cm³/mol. The summed E-state index contributed by atoms with van der Waals surface area (Å²) in [7, 11) is 1.68. The molecule has 6 rings (SSSR count). The topological polar surface area (TPSA) is 67.9 Å². The van der Waals surface area contributed by atoms with Gasteiger partial charge in [-0.1, -0.05) is 44.0 Å². The summed E-state index contributed by atoms with van der Waals surface area (Å²) in [5, 5.41) is 3.28. The molecule has 42 heavy (non-hydrogen) atoms. The highest BCUT2D eigenvalue weighted by atomic mass is 16.6. The van der Waals surface area contributed by atoms with Crippen LogP contribution in [0.5, 0.6) is 5.75 Å². The number of nitrogens with one attached hydrogen (secondary N) is 1. The summed E-state index contributed by atoms with van der Waals surface area (Å²) < 4.78 is 11.4. The van der Waals surface area contributed by atoms with Crippen LogP contribution in [-0.4, -0.2) is 41.2 Å². The lowest BCUT2D eigenvalue weighted by Gasteiger charge is -2.60. The van der Waals surface area contributed by atoms with E-state index in [0.29, 0.717) is 12.1 Å². The van der Waals surface area contributed by atoms with Gasteiger partial charge in [0.2, 0.25) is 0 Å². The zero-order valence-electron chi connectivity index (χ0n) is 26.3. The number of carbonyl (C=O) groups is 2. The quantitative estimate of drug-likeness (QED) is 0.296. The Balaban J connectivity index is 1.29. The second-order valence-electron chi connectivity index (χ2n) is 14.3. The molecule has 0 radical (unpaired) electrons. The molecule has 4 aliphatic carbocycles. The minimum Gasteiger partial charge on any atom is -0.497 e. The highest BCUT2D eigenvalue weighted by Crippen LogP contribution is 2.58. The summed E-state index contributed by atoms with van der Waals surface area (Å²) in [6.45, 7) is 8.51. The molecule has 4 bridgehead atoms. The van der Waals surface area contributed by atoms with Crippen LogP contribution in [0.25, 0.3) is 0 Å². The number of unbranched alkanes of at least 4 members (excludes halogenated alkanes) is 1. The minimum atomic E-state index is -0.543. The lowest BCUT2D eigenvalue weighted by molar-refractivity contribution is -0.0933. The van der Waals surface area contributed by atoms with E-state index in [1.165, 1.54) is 19.3 Å². The van der Waals surface area contributed by atoms with Crippen LogP contribution in [0.15, 0.2) is 48.5 Å². The number of benzene rings is 2. The number of methoxy groups -OCH3 is 1. The van der Waals surface area contributed by atoms with Crippen molar-refractivity contribution in [3.05, 3.63) is 65.2 Å². The second kappa shape index (κ2) is 12.7. The molecule has 0 heterocycles. The van der Waals surface area contributed by atoms with Gasteiger partial charge in [-0.2, -0.15) is 0 Å². The van der Waals surface area contributed by atoms with E-state index in [2.05, 4.69) is 23.2 Å². The summed E-state index contributed by atoms with van der Waals surface area (Å²) >= 11 is 0. The van der Waals surface area contributed by atoms with Crippen molar-refractivity contribution in [1.29, 1.82) is 0 Å². The second-order valence-corrected chi connectivity index (χ2v) is 14.3. The first-order valence-electron chi connectivity index (χ1n) is 16.1. The zero-order valence-corrected chi connectivity index (χ0v) is 26.3. The van der Waals surface area contributed by atoms with Gasteiger partial charge in [0.25, 0.3) is 5.91 Å². The minimum absolute atomic E-state index is 0.0444. The number of hydrogen-bond acceptors (Lipinski definition) is 4. The molecule has 4 fully saturated rings. The molecule has 0 aliphatic heterocycles. The Hall–Kier alpha value is -3.02. The van der Waals surface area contributed by atoms with E-state index >= 15 is 0 Å². The van der Waals surface area contributed by atoms with Gasteiger partial charge < -0.3 is 14.8 Å². The summed E-state index contributed by atoms with van der Waals surface area (Å²) in [6, 6.07) is 15.9. The van der Waals surface area contributed by atoms with Crippen molar-refractivity contribution in [2.45, 2.75) is 116 Å². The van der Waals surface area contributed by atoms with Gasteiger partial charge in [0, 0.05) is 23.7 Å². The first-order chi connectivity index (χ1) is 20.1. The molecule has 6 nitrogen and oxygen atoms in total. The van der Waals surface area contributed by atoms with Gasteiger partial charge in [-0.25, -0.2) is 4.79 Å². The fourth-order valence-electron chi connectivity index (χ4n) is 8.11. The van der Waals surface area contributed by atoms with Crippen LogP contribution in [0.3, 0.4) is 0 Å². The van der Waals surface area contributed by atoms with E-state index < -0.39 is 5.60 Å². The molecule has 4 aliphatic rings. The Labute approximate surface area is 252 Å². The Bertz CT molecular complexity index is 1200. The molecule has 228 valence electrons. The molecule has 0 spiro atoms. The van der Waals surface area contributed by atoms with Crippen LogP contribution in [0.2, 0.25) is 0 Å². The van der Waals surface area contributed by atoms with Gasteiger partial charge >= 0.3 is 6.09 Å². The number of rotatable bonds is 11. The van der Waals surface area contributed by atoms with E-state index in [1.807, 2.05) is 63.2 Å². The van der Waals surface area contributed by atoms with E-state index in [-0.39, 0.29) is 23.6 Å². The average Bonchev–Trinajstić information content (AvgIpc) is 2.93. The van der Waals surface area contributed by atoms with E-state index in [0.717, 1.165) is 79.6 Å². The monoisotopic (exact) mass is 574 g/mol. The fourth-order valence-corrected chi connectivity index (χ4v) is 8.11. The highest BCUT2D eigenvalue weighted by Gasteiger charge is 2.55. The maximum atomic E-state index is 13.7. The van der Waals surface area contributed by atoms with Crippen molar-refractivity contribution in [2.24, 2.45) is 17.8 Å². The predicted octanol–water partition coefficient (Wildman–Crippen LogP) is 7.93. The van der Waals surface area contributed by atoms with Gasteiger partial charge in [0.05, 0.1) is 7.11 Å². The lowest BCUT2D eigenvalue weighted by atomic mass is 9.52. The number of amides is 2. The van der Waals surface area contributed by atoms with E-state index in [9.17, 15) is 9.59 Å². The largest absolute Gasteiger partial charge is 0.497 e. The molecule has 1 atom stereocenters. The summed E-state index contributed by atoms with van der Waals surface area (Å²) in [6.07, 6.45) is 10.8. The first kappa shape index (κ1) is 30.4. The Morgan fingerprint density at radius 1 is 0.976 bits per heavy atom. The van der Waals surface area contributed by atoms with Gasteiger partial charge in [0.15, 0.2) is 0 Å². The van der Waals surface area contributed by atoms with Crippen LogP contribution in [0.4, 0.5) is 4.79 Å². The van der Waals surface area contributed by atoms with E-state index in [4.69, 9.17) is 9.47 Å². The summed E-state index contributed by atoms with van der Waals surface area (Å²) in [4.78, 5) is 29.1. The Morgan fingerprint density at radius 2 is 1.62 bits per heavy atom. The van der Waals surface area contributed by atoms with Crippen LogP contribution < -0.4 is 10.1 Å². The van der Waals surface area contributed by atoms with Crippen LogP contribution in [0, 0.1) is 17.8 Å². The Morgan fingerprint density at radius 3 is 2.19 bits per heavy atom. The van der Waals surface area contributed by atoms with Gasteiger partial charge in [-0.3, -0.25) is 9.69 Å². The van der Waals surface area contributed by atoms with Gasteiger partial charge in [-0.05, 0) is 125 Å². The molecular weight excluding hydrogens is 524 g/mol. The van der Waals surface area contributed by atoms with Crippen molar-refractivity contribution in [1.82, 2.24) is 10.2 Å². The number of carbonyl (C=O) groups excluding carboxylic acids is 2.